The van der Waals surface area contributed by atoms with Crippen molar-refractivity contribution in [3.05, 3.63) is 29.8 Å². The van der Waals surface area contributed by atoms with Gasteiger partial charge in [-0.25, -0.2) is 4.99 Å². The molecule has 1 saturated heterocycles. The number of benzene rings is 1. The van der Waals surface area contributed by atoms with E-state index in [9.17, 15) is 0 Å². The van der Waals surface area contributed by atoms with E-state index in [0.29, 0.717) is 12.0 Å². The maximum absolute atomic E-state index is 5.49. The second kappa shape index (κ2) is 3.76. The Hall–Kier alpha value is -1.97. The number of ether oxygens (including phenoxy) is 2. The van der Waals surface area contributed by atoms with Gasteiger partial charge < -0.3 is 14.4 Å². The van der Waals surface area contributed by atoms with E-state index in [2.05, 4.69) is 17.1 Å². The molecule has 0 radical (unpaired) electrons. The zero-order chi connectivity index (χ0) is 13.0. The minimum atomic E-state index is 0.496. The van der Waals surface area contributed by atoms with Gasteiger partial charge in [-0.05, 0) is 6.42 Å². The minimum Gasteiger partial charge on any atom is -0.497 e. The van der Waals surface area contributed by atoms with Gasteiger partial charge in [0.05, 0.1) is 26.5 Å². The third-order valence-electron chi connectivity index (χ3n) is 4.27. The second-order valence-corrected chi connectivity index (χ2v) is 5.22. The number of aliphatic imine (C=N–C) groups is 1. The van der Waals surface area contributed by atoms with Crippen LogP contribution in [-0.2, 0) is 6.54 Å². The lowest BCUT2D eigenvalue weighted by molar-refractivity contribution is 0.354. The van der Waals surface area contributed by atoms with Crippen molar-refractivity contribution in [2.45, 2.75) is 19.0 Å². The lowest BCUT2D eigenvalue weighted by atomic mass is 10.1. The molecule has 2 atom stereocenters. The first-order valence-corrected chi connectivity index (χ1v) is 6.58. The van der Waals surface area contributed by atoms with E-state index in [4.69, 9.17) is 14.5 Å². The summed E-state index contributed by atoms with van der Waals surface area (Å²) in [6.07, 6.45) is 5.75. The molecule has 1 aliphatic carbocycles. The van der Waals surface area contributed by atoms with Gasteiger partial charge in [-0.3, -0.25) is 0 Å². The summed E-state index contributed by atoms with van der Waals surface area (Å²) in [4.78, 5) is 7.23. The standard InChI is InChI=1S/C15H16N2O2/c1-18-11-6-13-12(14(7-11)19-2)8-17-10-4-3-9(5-10)15(17)16-13/h3-4,6-7,9-10H,5,8H2,1-2H3. The summed E-state index contributed by atoms with van der Waals surface area (Å²) >= 11 is 0. The van der Waals surface area contributed by atoms with Crippen LogP contribution in [0.1, 0.15) is 12.0 Å². The van der Waals surface area contributed by atoms with E-state index >= 15 is 0 Å². The average Bonchev–Trinajstić information content (AvgIpc) is 3.05. The number of amidine groups is 1. The van der Waals surface area contributed by atoms with Crippen LogP contribution in [0.25, 0.3) is 0 Å². The Balaban J connectivity index is 1.86. The van der Waals surface area contributed by atoms with Crippen molar-refractivity contribution >= 4 is 11.5 Å². The predicted octanol–water partition coefficient (Wildman–Crippen LogP) is 2.51. The smallest absolute Gasteiger partial charge is 0.129 e. The predicted molar refractivity (Wildman–Crippen MR) is 73.2 cm³/mol. The quantitative estimate of drug-likeness (QED) is 0.762. The summed E-state index contributed by atoms with van der Waals surface area (Å²) in [7, 11) is 3.37. The number of nitrogens with zero attached hydrogens (tertiary/aromatic N) is 2. The van der Waals surface area contributed by atoms with Crippen molar-refractivity contribution in [3.63, 3.8) is 0 Å². The molecular formula is C15H16N2O2. The first-order valence-electron chi connectivity index (χ1n) is 6.58. The molecule has 3 aliphatic rings. The third-order valence-corrected chi connectivity index (χ3v) is 4.27. The van der Waals surface area contributed by atoms with E-state index < -0.39 is 0 Å². The summed E-state index contributed by atoms with van der Waals surface area (Å²) in [6, 6.07) is 4.45. The van der Waals surface area contributed by atoms with Crippen LogP contribution in [0.2, 0.25) is 0 Å². The van der Waals surface area contributed by atoms with Crippen molar-refractivity contribution in [1.29, 1.82) is 0 Å². The van der Waals surface area contributed by atoms with Gasteiger partial charge in [-0.2, -0.15) is 0 Å². The molecule has 2 unspecified atom stereocenters. The zero-order valence-corrected chi connectivity index (χ0v) is 11.1. The maximum Gasteiger partial charge on any atom is 0.129 e. The summed E-state index contributed by atoms with van der Waals surface area (Å²) < 4.78 is 10.8. The Kier molecular flexibility index (Phi) is 2.16. The van der Waals surface area contributed by atoms with Crippen molar-refractivity contribution in [3.8, 4) is 11.5 Å². The van der Waals surface area contributed by atoms with Gasteiger partial charge in [0.25, 0.3) is 0 Å². The van der Waals surface area contributed by atoms with Gasteiger partial charge in [0.1, 0.15) is 17.3 Å². The highest BCUT2D eigenvalue weighted by Gasteiger charge is 2.41. The minimum absolute atomic E-state index is 0.496. The van der Waals surface area contributed by atoms with Crippen LogP contribution in [0.15, 0.2) is 29.3 Å². The lowest BCUT2D eigenvalue weighted by Gasteiger charge is -2.32. The fourth-order valence-electron chi connectivity index (χ4n) is 3.29. The molecule has 0 amide bonds. The number of hydrogen-bond donors (Lipinski definition) is 0. The molecule has 0 aromatic heterocycles. The topological polar surface area (TPSA) is 34.1 Å². The third kappa shape index (κ3) is 1.43. The molecule has 2 aliphatic heterocycles. The Bertz CT molecular complexity index is 606. The first kappa shape index (κ1) is 10.9. The molecule has 2 heterocycles. The molecule has 4 rings (SSSR count). The van der Waals surface area contributed by atoms with Crippen LogP contribution >= 0.6 is 0 Å². The Morgan fingerprint density at radius 2 is 2.11 bits per heavy atom. The van der Waals surface area contributed by atoms with Crippen LogP contribution in [0.3, 0.4) is 0 Å². The molecule has 0 N–H and O–H groups in total. The fourth-order valence-corrected chi connectivity index (χ4v) is 3.29. The van der Waals surface area contributed by atoms with Crippen molar-refractivity contribution < 1.29 is 9.47 Å². The van der Waals surface area contributed by atoms with Gasteiger partial charge >= 0.3 is 0 Å². The highest BCUT2D eigenvalue weighted by molar-refractivity contribution is 5.94. The summed E-state index contributed by atoms with van der Waals surface area (Å²) in [5, 5.41) is 0. The normalized spacial score (nSPS) is 26.0. The second-order valence-electron chi connectivity index (χ2n) is 5.22. The van der Waals surface area contributed by atoms with Crippen molar-refractivity contribution in [1.82, 2.24) is 4.90 Å². The fraction of sp³-hybridized carbons (Fsp3) is 0.400. The zero-order valence-electron chi connectivity index (χ0n) is 11.1. The van der Waals surface area contributed by atoms with Crippen molar-refractivity contribution in [2.75, 3.05) is 14.2 Å². The van der Waals surface area contributed by atoms with Gasteiger partial charge in [-0.15, -0.1) is 0 Å². The van der Waals surface area contributed by atoms with E-state index in [0.717, 1.165) is 29.3 Å². The summed E-state index contributed by atoms with van der Waals surface area (Å²) in [6.45, 7) is 0.882. The maximum atomic E-state index is 5.49. The molecule has 1 fully saturated rings. The van der Waals surface area contributed by atoms with Gasteiger partial charge in [-0.1, -0.05) is 12.2 Å². The monoisotopic (exact) mass is 256 g/mol. The average molecular weight is 256 g/mol. The van der Waals surface area contributed by atoms with E-state index in [1.54, 1.807) is 14.2 Å². The highest BCUT2D eigenvalue weighted by atomic mass is 16.5. The SMILES string of the molecule is COc1cc2c(c(OC)c1)CN1C(=N2)C2C=CC1C2. The number of fused-ring (bicyclic) bond motifs is 6. The summed E-state index contributed by atoms with van der Waals surface area (Å²) in [5.41, 5.74) is 2.15. The summed E-state index contributed by atoms with van der Waals surface area (Å²) in [5.74, 6) is 3.36. The van der Waals surface area contributed by atoms with Crippen LogP contribution in [0.5, 0.6) is 11.5 Å². The van der Waals surface area contributed by atoms with Crippen LogP contribution < -0.4 is 9.47 Å². The van der Waals surface area contributed by atoms with E-state index in [-0.39, 0.29) is 0 Å². The number of methoxy groups -OCH3 is 2. The molecule has 1 aromatic carbocycles. The molecular weight excluding hydrogens is 240 g/mol. The highest BCUT2D eigenvalue weighted by Crippen LogP contribution is 2.44. The molecule has 2 bridgehead atoms. The van der Waals surface area contributed by atoms with Crippen LogP contribution in [0, 0.1) is 5.92 Å². The van der Waals surface area contributed by atoms with Crippen LogP contribution in [0.4, 0.5) is 5.69 Å². The largest absolute Gasteiger partial charge is 0.497 e. The van der Waals surface area contributed by atoms with Crippen LogP contribution in [-0.4, -0.2) is 31.0 Å². The molecule has 19 heavy (non-hydrogen) atoms. The van der Waals surface area contributed by atoms with E-state index in [1.807, 2.05) is 12.1 Å². The molecule has 4 heteroatoms. The number of hydrogen-bond acceptors (Lipinski definition) is 4. The Morgan fingerprint density at radius 3 is 2.89 bits per heavy atom. The van der Waals surface area contributed by atoms with Gasteiger partial charge in [0.15, 0.2) is 0 Å². The molecule has 0 saturated carbocycles. The number of rotatable bonds is 2. The lowest BCUT2D eigenvalue weighted by Crippen LogP contribution is -2.36. The Labute approximate surface area is 112 Å². The van der Waals surface area contributed by atoms with E-state index in [1.165, 1.54) is 12.3 Å². The Morgan fingerprint density at radius 1 is 1.21 bits per heavy atom. The van der Waals surface area contributed by atoms with Crippen molar-refractivity contribution in [2.24, 2.45) is 10.9 Å². The molecule has 98 valence electrons. The van der Waals surface area contributed by atoms with Gasteiger partial charge in [0, 0.05) is 29.7 Å². The molecule has 1 aromatic rings. The first-order chi connectivity index (χ1) is 9.30. The van der Waals surface area contributed by atoms with Gasteiger partial charge in [0.2, 0.25) is 0 Å². The molecule has 4 nitrogen and oxygen atoms in total. The molecule has 0 spiro atoms.